The minimum absolute atomic E-state index is 0.102. The molecule has 8 heteroatoms. The quantitative estimate of drug-likeness (QED) is 0.370. The van der Waals surface area contributed by atoms with Gasteiger partial charge in [-0.3, -0.25) is 4.79 Å². The molecule has 8 nitrogen and oxygen atoms in total. The number of para-hydroxylation sites is 2. The molecule has 0 spiro atoms. The van der Waals surface area contributed by atoms with E-state index in [0.29, 0.717) is 23.5 Å². The predicted octanol–water partition coefficient (Wildman–Crippen LogP) is 4.09. The van der Waals surface area contributed by atoms with Gasteiger partial charge in [-0.1, -0.05) is 66.7 Å². The standard InChI is InChI=1S/C28H22N6O2/c29-16-22(27-24(17-30)28(31)34(33-27)23-12-5-2-6-13-23)15-21-11-7-8-14-25(21)36-19-26(35)32-18-20-9-3-1-4-10-20/h1-15H,18-19,31H2,(H,32,35)/b22-15+. The van der Waals surface area contributed by atoms with Crippen molar-refractivity contribution < 1.29 is 9.53 Å². The summed E-state index contributed by atoms with van der Waals surface area (Å²) < 4.78 is 7.17. The molecule has 3 N–H and O–H groups in total. The monoisotopic (exact) mass is 474 g/mol. The number of nitrogen functional groups attached to an aromatic ring is 1. The molecule has 1 amide bonds. The average Bonchev–Trinajstić information content (AvgIpc) is 3.26. The fourth-order valence-corrected chi connectivity index (χ4v) is 3.53. The summed E-state index contributed by atoms with van der Waals surface area (Å²) in [5, 5.41) is 26.9. The first-order chi connectivity index (χ1) is 17.6. The number of hydrogen-bond donors (Lipinski definition) is 2. The Labute approximate surface area is 208 Å². The molecule has 1 heterocycles. The second-order valence-corrected chi connectivity index (χ2v) is 7.73. The summed E-state index contributed by atoms with van der Waals surface area (Å²) in [4.78, 5) is 12.3. The Hall–Kier alpha value is -5.34. The highest BCUT2D eigenvalue weighted by Crippen LogP contribution is 2.29. The van der Waals surface area contributed by atoms with E-state index in [1.807, 2.05) is 48.5 Å². The third kappa shape index (κ3) is 5.41. The Balaban J connectivity index is 1.56. The summed E-state index contributed by atoms with van der Waals surface area (Å²) in [6, 6.07) is 29.8. The summed E-state index contributed by atoms with van der Waals surface area (Å²) in [5.74, 6) is 0.271. The number of carbonyl (C=O) groups excluding carboxylic acids is 1. The van der Waals surface area contributed by atoms with E-state index >= 15 is 0 Å². The van der Waals surface area contributed by atoms with E-state index in [2.05, 4.69) is 22.6 Å². The summed E-state index contributed by atoms with van der Waals surface area (Å²) in [7, 11) is 0. The number of ether oxygens (including phenoxy) is 1. The van der Waals surface area contributed by atoms with Gasteiger partial charge in [0, 0.05) is 12.1 Å². The van der Waals surface area contributed by atoms with Gasteiger partial charge in [0.1, 0.15) is 35.0 Å². The molecule has 4 aromatic rings. The number of carbonyl (C=O) groups is 1. The van der Waals surface area contributed by atoms with Crippen LogP contribution in [0.4, 0.5) is 5.82 Å². The molecule has 0 aliphatic rings. The predicted molar refractivity (Wildman–Crippen MR) is 136 cm³/mol. The number of nitrogens with zero attached hydrogens (tertiary/aromatic N) is 4. The lowest BCUT2D eigenvalue weighted by atomic mass is 10.1. The van der Waals surface area contributed by atoms with Crippen molar-refractivity contribution in [2.45, 2.75) is 6.54 Å². The number of nitriles is 2. The van der Waals surface area contributed by atoms with Crippen molar-refractivity contribution in [1.82, 2.24) is 15.1 Å². The zero-order valence-electron chi connectivity index (χ0n) is 19.3. The molecule has 1 aromatic heterocycles. The van der Waals surface area contributed by atoms with E-state index in [-0.39, 0.29) is 35.2 Å². The van der Waals surface area contributed by atoms with E-state index in [1.165, 1.54) is 4.68 Å². The fourth-order valence-electron chi connectivity index (χ4n) is 3.53. The Kier molecular flexibility index (Phi) is 7.40. The number of rotatable bonds is 8. The van der Waals surface area contributed by atoms with E-state index in [4.69, 9.17) is 10.5 Å². The summed E-state index contributed by atoms with van der Waals surface area (Å²) >= 11 is 0. The van der Waals surface area contributed by atoms with Crippen LogP contribution in [0.1, 0.15) is 22.4 Å². The minimum Gasteiger partial charge on any atom is -0.483 e. The largest absolute Gasteiger partial charge is 0.483 e. The van der Waals surface area contributed by atoms with Crippen LogP contribution in [0.15, 0.2) is 84.9 Å². The van der Waals surface area contributed by atoms with E-state index < -0.39 is 0 Å². The van der Waals surface area contributed by atoms with Crippen LogP contribution >= 0.6 is 0 Å². The first kappa shape index (κ1) is 23.8. The smallest absolute Gasteiger partial charge is 0.258 e. The highest BCUT2D eigenvalue weighted by Gasteiger charge is 2.20. The number of benzene rings is 3. The van der Waals surface area contributed by atoms with Gasteiger partial charge in [0.15, 0.2) is 6.61 Å². The van der Waals surface area contributed by atoms with Crippen molar-refractivity contribution in [1.29, 1.82) is 10.5 Å². The lowest BCUT2D eigenvalue weighted by molar-refractivity contribution is -0.123. The molecule has 176 valence electrons. The summed E-state index contributed by atoms with van der Waals surface area (Å²) in [5.41, 5.74) is 8.79. The summed E-state index contributed by atoms with van der Waals surface area (Å²) in [6.07, 6.45) is 1.56. The molecule has 0 aliphatic carbocycles. The zero-order valence-corrected chi connectivity index (χ0v) is 19.3. The van der Waals surface area contributed by atoms with Crippen molar-refractivity contribution >= 4 is 23.4 Å². The second-order valence-electron chi connectivity index (χ2n) is 7.73. The van der Waals surface area contributed by atoms with E-state index in [0.717, 1.165) is 5.56 Å². The van der Waals surface area contributed by atoms with Crippen molar-refractivity contribution in [3.05, 3.63) is 107 Å². The van der Waals surface area contributed by atoms with Gasteiger partial charge in [0.05, 0.1) is 11.3 Å². The van der Waals surface area contributed by atoms with E-state index in [1.54, 1.807) is 42.5 Å². The second kappa shape index (κ2) is 11.2. The van der Waals surface area contributed by atoms with Gasteiger partial charge >= 0.3 is 0 Å². The number of amides is 1. The van der Waals surface area contributed by atoms with Crippen molar-refractivity contribution in [2.75, 3.05) is 12.3 Å². The molecule has 0 radical (unpaired) electrons. The van der Waals surface area contributed by atoms with Gasteiger partial charge in [-0.15, -0.1) is 0 Å². The van der Waals surface area contributed by atoms with Crippen LogP contribution in [0, 0.1) is 22.7 Å². The van der Waals surface area contributed by atoms with Crippen molar-refractivity contribution in [3.8, 4) is 23.6 Å². The van der Waals surface area contributed by atoms with Gasteiger partial charge in [-0.25, -0.2) is 4.68 Å². The molecule has 0 aliphatic heterocycles. The maximum Gasteiger partial charge on any atom is 0.258 e. The number of nitrogens with two attached hydrogens (primary N) is 1. The van der Waals surface area contributed by atoms with Crippen molar-refractivity contribution in [3.63, 3.8) is 0 Å². The number of anilines is 1. The number of hydrogen-bond acceptors (Lipinski definition) is 6. The molecule has 0 unspecified atom stereocenters. The minimum atomic E-state index is -0.278. The molecule has 4 rings (SSSR count). The van der Waals surface area contributed by atoms with Gasteiger partial charge in [0.25, 0.3) is 5.91 Å². The lowest BCUT2D eigenvalue weighted by Crippen LogP contribution is -2.28. The van der Waals surface area contributed by atoms with Crippen LogP contribution in [0.3, 0.4) is 0 Å². The maximum absolute atomic E-state index is 12.3. The SMILES string of the molecule is N#C/C(=C\c1ccccc1OCC(=O)NCc1ccccc1)c1nn(-c2ccccc2)c(N)c1C#N. The number of aromatic nitrogens is 2. The topological polar surface area (TPSA) is 130 Å². The van der Waals surface area contributed by atoms with Crippen LogP contribution in [0.5, 0.6) is 5.75 Å². The molecule has 3 aromatic carbocycles. The molecule has 0 atom stereocenters. The van der Waals surface area contributed by atoms with Gasteiger partial charge in [0.2, 0.25) is 0 Å². The lowest BCUT2D eigenvalue weighted by Gasteiger charge is -2.10. The van der Waals surface area contributed by atoms with Gasteiger partial charge in [-0.05, 0) is 29.8 Å². The molecular weight excluding hydrogens is 452 g/mol. The van der Waals surface area contributed by atoms with Gasteiger partial charge in [-0.2, -0.15) is 15.6 Å². The maximum atomic E-state index is 12.3. The highest BCUT2D eigenvalue weighted by atomic mass is 16.5. The molecule has 0 bridgehead atoms. The van der Waals surface area contributed by atoms with Crippen LogP contribution in [-0.4, -0.2) is 22.3 Å². The number of nitrogens with one attached hydrogen (secondary N) is 1. The summed E-state index contributed by atoms with van der Waals surface area (Å²) in [6.45, 7) is 0.199. The van der Waals surface area contributed by atoms with Crippen LogP contribution in [-0.2, 0) is 11.3 Å². The van der Waals surface area contributed by atoms with Gasteiger partial charge < -0.3 is 15.8 Å². The van der Waals surface area contributed by atoms with Crippen LogP contribution in [0.25, 0.3) is 17.3 Å². The average molecular weight is 475 g/mol. The first-order valence-corrected chi connectivity index (χ1v) is 11.1. The third-order valence-corrected chi connectivity index (χ3v) is 5.32. The Morgan fingerprint density at radius 2 is 1.67 bits per heavy atom. The normalized spacial score (nSPS) is 10.8. The number of allylic oxidation sites excluding steroid dienone is 1. The fraction of sp³-hybridized carbons (Fsp3) is 0.0714. The molecule has 36 heavy (non-hydrogen) atoms. The molecular formula is C28H22N6O2. The third-order valence-electron chi connectivity index (χ3n) is 5.32. The first-order valence-electron chi connectivity index (χ1n) is 11.1. The molecule has 0 saturated heterocycles. The van der Waals surface area contributed by atoms with Crippen LogP contribution < -0.4 is 15.8 Å². The zero-order chi connectivity index (χ0) is 25.3. The highest BCUT2D eigenvalue weighted by molar-refractivity contribution is 5.92. The molecule has 0 saturated carbocycles. The Morgan fingerprint density at radius 3 is 2.36 bits per heavy atom. The molecule has 0 fully saturated rings. The van der Waals surface area contributed by atoms with Crippen LogP contribution in [0.2, 0.25) is 0 Å². The Bertz CT molecular complexity index is 1480. The Morgan fingerprint density at radius 1 is 1.00 bits per heavy atom. The van der Waals surface area contributed by atoms with E-state index in [9.17, 15) is 15.3 Å². The van der Waals surface area contributed by atoms with Crippen molar-refractivity contribution in [2.24, 2.45) is 0 Å².